The zero-order chi connectivity index (χ0) is 12.8. The highest BCUT2D eigenvalue weighted by atomic mass is 16.5. The van der Waals surface area contributed by atoms with Crippen LogP contribution in [0.3, 0.4) is 0 Å². The van der Waals surface area contributed by atoms with Gasteiger partial charge in [-0.25, -0.2) is 0 Å². The minimum absolute atomic E-state index is 0.0879. The van der Waals surface area contributed by atoms with Gasteiger partial charge < -0.3 is 15.0 Å². The summed E-state index contributed by atoms with van der Waals surface area (Å²) in [5.41, 5.74) is 0. The van der Waals surface area contributed by atoms with Crippen LogP contribution in [0.25, 0.3) is 0 Å². The lowest BCUT2D eigenvalue weighted by Gasteiger charge is -2.34. The molecule has 2 aliphatic carbocycles. The molecule has 19 heavy (non-hydrogen) atoms. The molecule has 0 aromatic rings. The molecule has 2 saturated carbocycles. The van der Waals surface area contributed by atoms with Gasteiger partial charge in [0.2, 0.25) is 5.91 Å². The average molecular weight is 264 g/mol. The van der Waals surface area contributed by atoms with Crippen molar-refractivity contribution in [3.05, 3.63) is 0 Å². The highest BCUT2D eigenvalue weighted by Gasteiger charge is 2.43. The van der Waals surface area contributed by atoms with Gasteiger partial charge in [0.05, 0.1) is 12.1 Å². The van der Waals surface area contributed by atoms with Crippen molar-refractivity contribution in [2.24, 2.45) is 5.92 Å². The summed E-state index contributed by atoms with van der Waals surface area (Å²) in [4.78, 5) is 14.5. The van der Waals surface area contributed by atoms with Gasteiger partial charge in [0.25, 0.3) is 0 Å². The van der Waals surface area contributed by atoms with Gasteiger partial charge in [-0.15, -0.1) is 0 Å². The zero-order valence-electron chi connectivity index (χ0n) is 11.5. The van der Waals surface area contributed by atoms with Crippen LogP contribution in [-0.4, -0.2) is 48.2 Å². The Labute approximate surface area is 114 Å². The molecule has 4 atom stereocenters. The van der Waals surface area contributed by atoms with E-state index < -0.39 is 0 Å². The highest BCUT2D eigenvalue weighted by Crippen LogP contribution is 2.36. The minimum Gasteiger partial charge on any atom is -0.378 e. The number of ether oxygens (including phenoxy) is 1. The van der Waals surface area contributed by atoms with Gasteiger partial charge in [0.1, 0.15) is 0 Å². The zero-order valence-corrected chi connectivity index (χ0v) is 11.5. The van der Waals surface area contributed by atoms with Crippen molar-refractivity contribution in [1.29, 1.82) is 0 Å². The van der Waals surface area contributed by atoms with E-state index in [0.29, 0.717) is 30.0 Å². The number of nitrogens with one attached hydrogen (secondary N) is 1. The van der Waals surface area contributed by atoms with Gasteiger partial charge >= 0.3 is 0 Å². The van der Waals surface area contributed by atoms with Crippen molar-refractivity contribution in [3.63, 3.8) is 0 Å². The maximum absolute atomic E-state index is 12.4. The quantitative estimate of drug-likeness (QED) is 0.835. The fraction of sp³-hybridized carbons (Fsp3) is 0.933. The Kier molecular flexibility index (Phi) is 3.03. The standard InChI is InChI=1S/C15H24N2O2/c18-15-13(6-8-17(15)10-4-5-10)16-12-2-1-3-14-11(12)7-9-19-14/h10-14,16H,1-9H2/t11-,12+,13+,14+/m0/s1. The molecule has 0 aromatic carbocycles. The summed E-state index contributed by atoms with van der Waals surface area (Å²) in [6.07, 6.45) is 8.77. The number of amides is 1. The second-order valence-electron chi connectivity index (χ2n) is 6.67. The first-order valence-corrected chi connectivity index (χ1v) is 8.01. The fourth-order valence-corrected chi connectivity index (χ4v) is 4.25. The Hall–Kier alpha value is -0.610. The van der Waals surface area contributed by atoms with Crippen LogP contribution in [0.5, 0.6) is 0 Å². The van der Waals surface area contributed by atoms with Gasteiger partial charge in [-0.3, -0.25) is 4.79 Å². The Morgan fingerprint density at radius 3 is 2.84 bits per heavy atom. The van der Waals surface area contributed by atoms with E-state index in [1.54, 1.807) is 0 Å². The summed E-state index contributed by atoms with van der Waals surface area (Å²) in [5, 5.41) is 3.68. The van der Waals surface area contributed by atoms with Crippen molar-refractivity contribution >= 4 is 5.91 Å². The molecular formula is C15H24N2O2. The normalized spacial score (nSPS) is 42.7. The van der Waals surface area contributed by atoms with Gasteiger partial charge in [-0.05, 0) is 44.9 Å². The lowest BCUT2D eigenvalue weighted by atomic mass is 9.81. The molecule has 4 heteroatoms. The Morgan fingerprint density at radius 1 is 1.11 bits per heavy atom. The number of carbonyl (C=O) groups excluding carboxylic acids is 1. The second kappa shape index (κ2) is 4.74. The van der Waals surface area contributed by atoms with Crippen LogP contribution in [0.4, 0.5) is 0 Å². The van der Waals surface area contributed by atoms with Crippen LogP contribution in [-0.2, 0) is 9.53 Å². The summed E-state index contributed by atoms with van der Waals surface area (Å²) in [5.74, 6) is 1.01. The SMILES string of the molecule is O=C1[C@H](N[C@@H]2CCC[C@H]3OCC[C@@H]23)CCN1C1CC1. The van der Waals surface area contributed by atoms with Crippen LogP contribution in [0, 0.1) is 5.92 Å². The van der Waals surface area contributed by atoms with Crippen molar-refractivity contribution in [3.8, 4) is 0 Å². The van der Waals surface area contributed by atoms with Crippen molar-refractivity contribution in [2.75, 3.05) is 13.2 Å². The molecular weight excluding hydrogens is 240 g/mol. The monoisotopic (exact) mass is 264 g/mol. The van der Waals surface area contributed by atoms with Crippen LogP contribution in [0.15, 0.2) is 0 Å². The third kappa shape index (κ3) is 2.19. The molecule has 2 aliphatic heterocycles. The first-order valence-electron chi connectivity index (χ1n) is 8.01. The predicted octanol–water partition coefficient (Wildman–Crippen LogP) is 1.30. The minimum atomic E-state index is 0.0879. The summed E-state index contributed by atoms with van der Waals surface area (Å²) in [6, 6.07) is 1.17. The van der Waals surface area contributed by atoms with Crippen LogP contribution < -0.4 is 5.32 Å². The summed E-state index contributed by atoms with van der Waals surface area (Å²) in [6.45, 7) is 1.89. The van der Waals surface area contributed by atoms with E-state index in [2.05, 4.69) is 10.2 Å². The number of hydrogen-bond donors (Lipinski definition) is 1. The third-order valence-electron chi connectivity index (χ3n) is 5.42. The lowest BCUT2D eigenvalue weighted by Crippen LogP contribution is -2.50. The molecule has 4 rings (SSSR count). The van der Waals surface area contributed by atoms with E-state index >= 15 is 0 Å². The smallest absolute Gasteiger partial charge is 0.240 e. The van der Waals surface area contributed by atoms with E-state index in [9.17, 15) is 4.79 Å². The van der Waals surface area contributed by atoms with E-state index in [1.165, 1.54) is 38.5 Å². The number of likely N-dealkylation sites (tertiary alicyclic amines) is 1. The molecule has 1 amide bonds. The molecule has 4 fully saturated rings. The number of rotatable bonds is 3. The van der Waals surface area contributed by atoms with Gasteiger partial charge in [-0.1, -0.05) is 0 Å². The predicted molar refractivity (Wildman–Crippen MR) is 71.8 cm³/mol. The molecule has 4 nitrogen and oxygen atoms in total. The van der Waals surface area contributed by atoms with Crippen LogP contribution in [0.2, 0.25) is 0 Å². The van der Waals surface area contributed by atoms with E-state index in [1.807, 2.05) is 0 Å². The Balaban J connectivity index is 1.39. The maximum Gasteiger partial charge on any atom is 0.240 e. The van der Waals surface area contributed by atoms with E-state index in [-0.39, 0.29) is 6.04 Å². The van der Waals surface area contributed by atoms with E-state index in [4.69, 9.17) is 4.74 Å². The largest absolute Gasteiger partial charge is 0.378 e. The molecule has 4 aliphatic rings. The molecule has 0 spiro atoms. The highest BCUT2D eigenvalue weighted by molar-refractivity contribution is 5.84. The molecule has 2 saturated heterocycles. The van der Waals surface area contributed by atoms with Gasteiger partial charge in [0.15, 0.2) is 0 Å². The lowest BCUT2D eigenvalue weighted by molar-refractivity contribution is -0.130. The first kappa shape index (κ1) is 12.2. The molecule has 1 N–H and O–H groups in total. The van der Waals surface area contributed by atoms with Crippen molar-refractivity contribution in [2.45, 2.75) is 69.2 Å². The fourth-order valence-electron chi connectivity index (χ4n) is 4.25. The second-order valence-corrected chi connectivity index (χ2v) is 6.67. The summed E-state index contributed by atoms with van der Waals surface area (Å²) < 4.78 is 5.81. The number of carbonyl (C=O) groups is 1. The average Bonchev–Trinajstić information content (AvgIpc) is 3.02. The summed E-state index contributed by atoms with van der Waals surface area (Å²) in [7, 11) is 0. The maximum atomic E-state index is 12.4. The number of hydrogen-bond acceptors (Lipinski definition) is 3. The molecule has 0 unspecified atom stereocenters. The molecule has 0 radical (unpaired) electrons. The number of nitrogens with zero attached hydrogens (tertiary/aromatic N) is 1. The first-order chi connectivity index (χ1) is 9.33. The topological polar surface area (TPSA) is 41.6 Å². The van der Waals surface area contributed by atoms with Gasteiger partial charge in [-0.2, -0.15) is 0 Å². The van der Waals surface area contributed by atoms with Gasteiger partial charge in [0, 0.05) is 31.2 Å². The molecule has 2 heterocycles. The third-order valence-corrected chi connectivity index (χ3v) is 5.42. The van der Waals surface area contributed by atoms with Crippen LogP contribution in [0.1, 0.15) is 44.9 Å². The van der Waals surface area contributed by atoms with Crippen LogP contribution >= 0.6 is 0 Å². The Morgan fingerprint density at radius 2 is 2.00 bits per heavy atom. The molecule has 0 bridgehead atoms. The molecule has 0 aromatic heterocycles. The van der Waals surface area contributed by atoms with Crippen molar-refractivity contribution in [1.82, 2.24) is 10.2 Å². The van der Waals surface area contributed by atoms with E-state index in [0.717, 1.165) is 19.6 Å². The Bertz CT molecular complexity index is 369. The van der Waals surface area contributed by atoms with Crippen molar-refractivity contribution < 1.29 is 9.53 Å². The number of fused-ring (bicyclic) bond motifs is 1. The summed E-state index contributed by atoms with van der Waals surface area (Å²) >= 11 is 0. The molecule has 106 valence electrons.